The van der Waals surface area contributed by atoms with Gasteiger partial charge in [-0.25, -0.2) is 0 Å². The van der Waals surface area contributed by atoms with Gasteiger partial charge in [0.15, 0.2) is 6.61 Å². The van der Waals surface area contributed by atoms with E-state index in [2.05, 4.69) is 20.4 Å². The Morgan fingerprint density at radius 2 is 2.20 bits per heavy atom. The molecule has 1 aromatic carbocycles. The molecule has 0 saturated carbocycles. The molecule has 0 saturated heterocycles. The van der Waals surface area contributed by atoms with Crippen molar-refractivity contribution >= 4 is 5.91 Å². The Hall–Kier alpha value is -3.22. The first-order valence-electron chi connectivity index (χ1n) is 7.84. The molecule has 7 nitrogen and oxygen atoms in total. The lowest BCUT2D eigenvalue weighted by atomic mass is 10.1. The van der Waals surface area contributed by atoms with Gasteiger partial charge in [0.1, 0.15) is 11.8 Å². The van der Waals surface area contributed by atoms with Crippen LogP contribution in [0.4, 0.5) is 0 Å². The third-order valence-electron chi connectivity index (χ3n) is 3.47. The quantitative estimate of drug-likeness (QED) is 0.743. The zero-order valence-corrected chi connectivity index (χ0v) is 14.0. The highest BCUT2D eigenvalue weighted by Gasteiger charge is 2.17. The standard InChI is InChI=1S/C18H18N4O3/c1-12-5-3-6-14(9-12)17-21-18(25-22-17)13(2)20-16(23)11-24-15-7-4-8-19-10-15/h3-10,13H,11H2,1-2H3,(H,20,23). The van der Waals surface area contributed by atoms with E-state index in [1.54, 1.807) is 31.5 Å². The largest absolute Gasteiger partial charge is 0.482 e. The molecule has 0 bridgehead atoms. The van der Waals surface area contributed by atoms with Crippen molar-refractivity contribution in [2.24, 2.45) is 0 Å². The fraction of sp³-hybridized carbons (Fsp3) is 0.222. The molecule has 1 unspecified atom stereocenters. The summed E-state index contributed by atoms with van der Waals surface area (Å²) < 4.78 is 10.6. The van der Waals surface area contributed by atoms with Crippen LogP contribution in [0, 0.1) is 6.92 Å². The molecule has 2 heterocycles. The molecule has 0 aliphatic carbocycles. The molecule has 0 spiro atoms. The molecule has 7 heteroatoms. The van der Waals surface area contributed by atoms with E-state index in [1.165, 1.54) is 0 Å². The van der Waals surface area contributed by atoms with Crippen molar-refractivity contribution in [3.05, 3.63) is 60.2 Å². The maximum atomic E-state index is 12.0. The number of aromatic nitrogens is 3. The minimum Gasteiger partial charge on any atom is -0.482 e. The minimum atomic E-state index is -0.420. The van der Waals surface area contributed by atoms with Crippen molar-refractivity contribution in [2.45, 2.75) is 19.9 Å². The highest BCUT2D eigenvalue weighted by Crippen LogP contribution is 2.19. The van der Waals surface area contributed by atoms with Crippen LogP contribution in [0.3, 0.4) is 0 Å². The highest BCUT2D eigenvalue weighted by molar-refractivity contribution is 5.77. The number of rotatable bonds is 6. The molecule has 0 aliphatic rings. The van der Waals surface area contributed by atoms with Gasteiger partial charge in [0, 0.05) is 11.8 Å². The first-order valence-corrected chi connectivity index (χ1v) is 7.84. The molecule has 0 aliphatic heterocycles. The topological polar surface area (TPSA) is 90.1 Å². The predicted octanol–water partition coefficient (Wildman–Crippen LogP) is 2.70. The van der Waals surface area contributed by atoms with E-state index in [1.807, 2.05) is 31.2 Å². The van der Waals surface area contributed by atoms with E-state index in [4.69, 9.17) is 9.26 Å². The Balaban J connectivity index is 1.58. The van der Waals surface area contributed by atoms with Crippen LogP contribution in [-0.4, -0.2) is 27.6 Å². The van der Waals surface area contributed by atoms with Crippen molar-refractivity contribution in [1.29, 1.82) is 0 Å². The van der Waals surface area contributed by atoms with Gasteiger partial charge in [0.05, 0.1) is 6.20 Å². The summed E-state index contributed by atoms with van der Waals surface area (Å²) in [4.78, 5) is 20.2. The Morgan fingerprint density at radius 1 is 1.32 bits per heavy atom. The number of carbonyl (C=O) groups excluding carboxylic acids is 1. The van der Waals surface area contributed by atoms with E-state index in [0.717, 1.165) is 11.1 Å². The van der Waals surface area contributed by atoms with Gasteiger partial charge < -0.3 is 14.6 Å². The Kier molecular flexibility index (Phi) is 5.03. The van der Waals surface area contributed by atoms with Crippen LogP contribution in [0.1, 0.15) is 24.4 Å². The van der Waals surface area contributed by atoms with E-state index in [-0.39, 0.29) is 12.5 Å². The lowest BCUT2D eigenvalue weighted by molar-refractivity contribution is -0.123. The zero-order chi connectivity index (χ0) is 17.6. The molecular formula is C18H18N4O3. The van der Waals surface area contributed by atoms with E-state index < -0.39 is 6.04 Å². The van der Waals surface area contributed by atoms with Crippen LogP contribution in [0.15, 0.2) is 53.3 Å². The summed E-state index contributed by atoms with van der Waals surface area (Å²) in [5.74, 6) is 1.08. The molecule has 3 rings (SSSR count). The Labute approximate surface area is 145 Å². The number of nitrogens with zero attached hydrogens (tertiary/aromatic N) is 3. The maximum Gasteiger partial charge on any atom is 0.258 e. The van der Waals surface area contributed by atoms with Crippen LogP contribution in [-0.2, 0) is 4.79 Å². The third kappa shape index (κ3) is 4.41. The van der Waals surface area contributed by atoms with Crippen molar-refractivity contribution in [3.63, 3.8) is 0 Å². The van der Waals surface area contributed by atoms with Gasteiger partial charge in [-0.2, -0.15) is 4.98 Å². The molecule has 0 fully saturated rings. The van der Waals surface area contributed by atoms with Crippen molar-refractivity contribution in [3.8, 4) is 17.1 Å². The SMILES string of the molecule is Cc1cccc(-c2noc(C(C)NC(=O)COc3cccnc3)n2)c1. The molecule has 1 atom stereocenters. The number of hydrogen-bond donors (Lipinski definition) is 1. The molecule has 1 amide bonds. The van der Waals surface area contributed by atoms with Gasteiger partial charge in [-0.05, 0) is 32.0 Å². The van der Waals surface area contributed by atoms with Crippen molar-refractivity contribution in [1.82, 2.24) is 20.4 Å². The summed E-state index contributed by atoms with van der Waals surface area (Å²) in [6.07, 6.45) is 3.18. The van der Waals surface area contributed by atoms with Crippen LogP contribution in [0.2, 0.25) is 0 Å². The van der Waals surface area contributed by atoms with Crippen LogP contribution < -0.4 is 10.1 Å². The number of carbonyl (C=O) groups is 1. The smallest absolute Gasteiger partial charge is 0.258 e. The number of pyridine rings is 1. The van der Waals surface area contributed by atoms with Crippen LogP contribution >= 0.6 is 0 Å². The third-order valence-corrected chi connectivity index (χ3v) is 3.47. The summed E-state index contributed by atoms with van der Waals surface area (Å²) >= 11 is 0. The first kappa shape index (κ1) is 16.6. The summed E-state index contributed by atoms with van der Waals surface area (Å²) in [7, 11) is 0. The van der Waals surface area contributed by atoms with Crippen LogP contribution in [0.25, 0.3) is 11.4 Å². The fourth-order valence-corrected chi connectivity index (χ4v) is 2.24. The van der Waals surface area contributed by atoms with Crippen molar-refractivity contribution in [2.75, 3.05) is 6.61 Å². The van der Waals surface area contributed by atoms with Crippen molar-refractivity contribution < 1.29 is 14.1 Å². The average molecular weight is 338 g/mol. The van der Waals surface area contributed by atoms with Gasteiger partial charge in [-0.1, -0.05) is 28.9 Å². The van der Waals surface area contributed by atoms with Gasteiger partial charge in [-0.3, -0.25) is 9.78 Å². The highest BCUT2D eigenvalue weighted by atomic mass is 16.5. The van der Waals surface area contributed by atoms with E-state index in [0.29, 0.717) is 17.5 Å². The molecule has 128 valence electrons. The van der Waals surface area contributed by atoms with E-state index in [9.17, 15) is 4.79 Å². The predicted molar refractivity (Wildman–Crippen MR) is 90.8 cm³/mol. The molecule has 1 N–H and O–H groups in total. The first-order chi connectivity index (χ1) is 12.1. The van der Waals surface area contributed by atoms with Gasteiger partial charge in [0.25, 0.3) is 5.91 Å². The summed E-state index contributed by atoms with van der Waals surface area (Å²) in [6, 6.07) is 10.9. The second kappa shape index (κ2) is 7.57. The number of nitrogens with one attached hydrogen (secondary N) is 1. The van der Waals surface area contributed by atoms with Crippen LogP contribution in [0.5, 0.6) is 5.75 Å². The summed E-state index contributed by atoms with van der Waals surface area (Å²) in [5.41, 5.74) is 1.98. The zero-order valence-electron chi connectivity index (χ0n) is 14.0. The molecule has 3 aromatic rings. The second-order valence-electron chi connectivity index (χ2n) is 5.59. The normalized spacial score (nSPS) is 11.8. The maximum absolute atomic E-state index is 12.0. The summed E-state index contributed by atoms with van der Waals surface area (Å²) in [5, 5.41) is 6.73. The lowest BCUT2D eigenvalue weighted by Gasteiger charge is -2.10. The van der Waals surface area contributed by atoms with Gasteiger partial charge >= 0.3 is 0 Å². The lowest BCUT2D eigenvalue weighted by Crippen LogP contribution is -2.31. The monoisotopic (exact) mass is 338 g/mol. The second-order valence-corrected chi connectivity index (χ2v) is 5.59. The molecule has 2 aromatic heterocycles. The number of aryl methyl sites for hydroxylation is 1. The van der Waals surface area contributed by atoms with E-state index >= 15 is 0 Å². The molecular weight excluding hydrogens is 320 g/mol. The Morgan fingerprint density at radius 3 is 2.96 bits per heavy atom. The number of hydrogen-bond acceptors (Lipinski definition) is 6. The Bertz CT molecular complexity index is 848. The summed E-state index contributed by atoms with van der Waals surface area (Å²) in [6.45, 7) is 3.65. The number of benzene rings is 1. The minimum absolute atomic E-state index is 0.116. The average Bonchev–Trinajstić information content (AvgIpc) is 3.11. The number of amides is 1. The molecule has 0 radical (unpaired) electrons. The van der Waals surface area contributed by atoms with Gasteiger partial charge in [-0.15, -0.1) is 0 Å². The fourth-order valence-electron chi connectivity index (χ4n) is 2.24. The molecule has 25 heavy (non-hydrogen) atoms. The number of ether oxygens (including phenoxy) is 1. The van der Waals surface area contributed by atoms with Gasteiger partial charge in [0.2, 0.25) is 11.7 Å².